The third kappa shape index (κ3) is 1.63. The van der Waals surface area contributed by atoms with E-state index in [1.807, 2.05) is 0 Å². The van der Waals surface area contributed by atoms with Gasteiger partial charge in [0.2, 0.25) is 11.9 Å². The number of nitrogen functional groups attached to an aromatic ring is 1. The number of likely N-dealkylation sites (N-methyl/N-ethyl adjacent to an activating group) is 1. The van der Waals surface area contributed by atoms with Crippen LogP contribution in [0, 0.1) is 0 Å². The van der Waals surface area contributed by atoms with Crippen LogP contribution in [0.15, 0.2) is 18.2 Å². The average molecular weight is 274 g/mol. The van der Waals surface area contributed by atoms with Crippen molar-refractivity contribution in [3.8, 4) is 5.75 Å². The Labute approximate surface area is 114 Å². The lowest BCUT2D eigenvalue weighted by atomic mass is 10.2. The number of rotatable bonds is 2. The summed E-state index contributed by atoms with van der Waals surface area (Å²) in [6, 6.07) is 4.66. The minimum Gasteiger partial charge on any atom is -0.497 e. The van der Waals surface area contributed by atoms with E-state index in [0.717, 1.165) is 4.90 Å². The van der Waals surface area contributed by atoms with Crippen molar-refractivity contribution in [1.29, 1.82) is 0 Å². The Morgan fingerprint density at radius 2 is 2.15 bits per heavy atom. The molecule has 7 heteroatoms. The number of anilines is 1. The summed E-state index contributed by atoms with van der Waals surface area (Å²) in [6.45, 7) is 0. The largest absolute Gasteiger partial charge is 0.497 e. The zero-order valence-electron chi connectivity index (χ0n) is 11.2. The van der Waals surface area contributed by atoms with Crippen LogP contribution in [0.5, 0.6) is 5.75 Å². The van der Waals surface area contributed by atoms with Gasteiger partial charge in [0, 0.05) is 13.1 Å². The minimum atomic E-state index is -0.635. The number of benzene rings is 1. The van der Waals surface area contributed by atoms with E-state index in [0.29, 0.717) is 16.8 Å². The summed E-state index contributed by atoms with van der Waals surface area (Å²) < 4.78 is 6.77. The van der Waals surface area contributed by atoms with Crippen molar-refractivity contribution in [1.82, 2.24) is 14.5 Å². The van der Waals surface area contributed by atoms with Gasteiger partial charge in [-0.15, -0.1) is 0 Å². The first-order chi connectivity index (χ1) is 9.52. The number of methoxy groups -OCH3 is 1. The number of amides is 2. The molecular weight excluding hydrogens is 260 g/mol. The molecule has 104 valence electrons. The highest BCUT2D eigenvalue weighted by molar-refractivity contribution is 6.05. The monoisotopic (exact) mass is 274 g/mol. The molecule has 0 spiro atoms. The van der Waals surface area contributed by atoms with Crippen molar-refractivity contribution in [2.75, 3.05) is 19.9 Å². The minimum absolute atomic E-state index is 0.0994. The van der Waals surface area contributed by atoms with E-state index in [9.17, 15) is 9.59 Å². The van der Waals surface area contributed by atoms with Crippen LogP contribution in [-0.4, -0.2) is 40.4 Å². The van der Waals surface area contributed by atoms with Gasteiger partial charge >= 0.3 is 0 Å². The third-order valence-electron chi connectivity index (χ3n) is 3.59. The van der Waals surface area contributed by atoms with Crippen molar-refractivity contribution in [3.05, 3.63) is 18.2 Å². The number of fused-ring (bicyclic) bond motifs is 1. The number of imidazole rings is 1. The highest BCUT2D eigenvalue weighted by atomic mass is 16.5. The molecule has 1 fully saturated rings. The van der Waals surface area contributed by atoms with Gasteiger partial charge in [0.05, 0.1) is 24.6 Å². The van der Waals surface area contributed by atoms with E-state index in [4.69, 9.17) is 10.5 Å². The molecule has 1 unspecified atom stereocenters. The summed E-state index contributed by atoms with van der Waals surface area (Å²) >= 11 is 0. The number of nitrogens with two attached hydrogens (primary N) is 1. The Bertz CT molecular complexity index is 722. The van der Waals surface area contributed by atoms with Gasteiger partial charge in [0.15, 0.2) is 0 Å². The standard InChI is InChI=1S/C13H14N4O3/c1-16-11(18)6-10(12(16)19)17-9-5-7(20-2)3-4-8(9)15-13(17)14/h3-5,10H,6H2,1-2H3,(H2,14,15). The molecule has 2 heterocycles. The smallest absolute Gasteiger partial charge is 0.252 e. The van der Waals surface area contributed by atoms with Gasteiger partial charge in [-0.25, -0.2) is 4.98 Å². The Hall–Kier alpha value is -2.57. The molecule has 1 aliphatic rings. The predicted octanol–water partition coefficient (Wildman–Crippen LogP) is 0.557. The van der Waals surface area contributed by atoms with Gasteiger partial charge in [-0.1, -0.05) is 0 Å². The van der Waals surface area contributed by atoms with Gasteiger partial charge in [0.25, 0.3) is 5.91 Å². The number of likely N-dealkylation sites (tertiary alicyclic amines) is 1. The lowest BCUT2D eigenvalue weighted by Crippen LogP contribution is -2.27. The average Bonchev–Trinajstić information content (AvgIpc) is 2.89. The Morgan fingerprint density at radius 3 is 2.75 bits per heavy atom. The molecule has 20 heavy (non-hydrogen) atoms. The maximum Gasteiger partial charge on any atom is 0.252 e. The van der Waals surface area contributed by atoms with Crippen molar-refractivity contribution < 1.29 is 14.3 Å². The van der Waals surface area contributed by atoms with Crippen molar-refractivity contribution in [3.63, 3.8) is 0 Å². The highest BCUT2D eigenvalue weighted by Crippen LogP contribution is 2.31. The maximum atomic E-state index is 12.1. The normalized spacial score (nSPS) is 19.1. The number of hydrogen-bond donors (Lipinski definition) is 1. The fourth-order valence-electron chi connectivity index (χ4n) is 2.48. The summed E-state index contributed by atoms with van der Waals surface area (Å²) in [5.41, 5.74) is 7.26. The van der Waals surface area contributed by atoms with Crippen LogP contribution in [0.3, 0.4) is 0 Å². The highest BCUT2D eigenvalue weighted by Gasteiger charge is 2.38. The third-order valence-corrected chi connectivity index (χ3v) is 3.59. The topological polar surface area (TPSA) is 90.4 Å². The fourth-order valence-corrected chi connectivity index (χ4v) is 2.48. The zero-order valence-corrected chi connectivity index (χ0v) is 11.2. The summed E-state index contributed by atoms with van der Waals surface area (Å²) in [5, 5.41) is 0. The van der Waals surface area contributed by atoms with Crippen LogP contribution in [0.2, 0.25) is 0 Å². The van der Waals surface area contributed by atoms with E-state index in [2.05, 4.69) is 4.98 Å². The summed E-state index contributed by atoms with van der Waals surface area (Å²) in [7, 11) is 3.03. The SMILES string of the molecule is COc1ccc2nc(N)n(C3CC(=O)N(C)C3=O)c2c1. The molecule has 2 amide bonds. The summed E-state index contributed by atoms with van der Waals surface area (Å²) in [5.74, 6) is 0.367. The zero-order chi connectivity index (χ0) is 14.4. The summed E-state index contributed by atoms with van der Waals surface area (Å²) in [4.78, 5) is 29.1. The Balaban J connectivity index is 2.18. The van der Waals surface area contributed by atoms with Crippen LogP contribution >= 0.6 is 0 Å². The quantitative estimate of drug-likeness (QED) is 0.808. The second-order valence-electron chi connectivity index (χ2n) is 4.71. The molecule has 1 saturated heterocycles. The van der Waals surface area contributed by atoms with E-state index < -0.39 is 6.04 Å². The number of nitrogens with zero attached hydrogens (tertiary/aromatic N) is 3. The molecule has 1 aromatic heterocycles. The molecule has 1 aromatic carbocycles. The number of ether oxygens (including phenoxy) is 1. The Kier molecular flexibility index (Phi) is 2.63. The van der Waals surface area contributed by atoms with Crippen molar-refractivity contribution in [2.24, 2.45) is 0 Å². The second kappa shape index (κ2) is 4.22. The molecule has 0 saturated carbocycles. The molecule has 7 nitrogen and oxygen atoms in total. The molecule has 1 aliphatic heterocycles. The first kappa shape index (κ1) is 12.5. The fraction of sp³-hybridized carbons (Fsp3) is 0.308. The van der Waals surface area contributed by atoms with E-state index >= 15 is 0 Å². The van der Waals surface area contributed by atoms with Crippen LogP contribution in [0.4, 0.5) is 5.95 Å². The maximum absolute atomic E-state index is 12.1. The molecule has 0 radical (unpaired) electrons. The lowest BCUT2D eigenvalue weighted by molar-refractivity contribution is -0.137. The van der Waals surface area contributed by atoms with E-state index in [1.54, 1.807) is 29.9 Å². The van der Waals surface area contributed by atoms with Crippen molar-refractivity contribution in [2.45, 2.75) is 12.5 Å². The molecule has 3 rings (SSSR count). The van der Waals surface area contributed by atoms with E-state index in [1.165, 1.54) is 7.05 Å². The number of aromatic nitrogens is 2. The molecular formula is C13H14N4O3. The number of imide groups is 1. The van der Waals surface area contributed by atoms with Crippen molar-refractivity contribution >= 4 is 28.8 Å². The number of carbonyl (C=O) groups is 2. The van der Waals surface area contributed by atoms with Crippen LogP contribution in [-0.2, 0) is 9.59 Å². The first-order valence-electron chi connectivity index (χ1n) is 6.14. The molecule has 1 atom stereocenters. The lowest BCUT2D eigenvalue weighted by Gasteiger charge is -2.13. The van der Waals surface area contributed by atoms with Gasteiger partial charge in [-0.2, -0.15) is 0 Å². The first-order valence-corrected chi connectivity index (χ1v) is 6.14. The molecule has 0 aliphatic carbocycles. The second-order valence-corrected chi connectivity index (χ2v) is 4.71. The summed E-state index contributed by atoms with van der Waals surface area (Å²) in [6.07, 6.45) is 0.0994. The number of carbonyl (C=O) groups excluding carboxylic acids is 2. The van der Waals surface area contributed by atoms with Crippen LogP contribution < -0.4 is 10.5 Å². The van der Waals surface area contributed by atoms with Gasteiger partial charge < -0.3 is 10.5 Å². The van der Waals surface area contributed by atoms with E-state index in [-0.39, 0.29) is 24.2 Å². The molecule has 2 aromatic rings. The van der Waals surface area contributed by atoms with Gasteiger partial charge in [-0.05, 0) is 12.1 Å². The van der Waals surface area contributed by atoms with Crippen LogP contribution in [0.1, 0.15) is 12.5 Å². The van der Waals surface area contributed by atoms with Crippen LogP contribution in [0.25, 0.3) is 11.0 Å². The van der Waals surface area contributed by atoms with Gasteiger partial charge in [-0.3, -0.25) is 19.1 Å². The number of hydrogen-bond acceptors (Lipinski definition) is 5. The van der Waals surface area contributed by atoms with Gasteiger partial charge in [0.1, 0.15) is 11.8 Å². The Morgan fingerprint density at radius 1 is 1.40 bits per heavy atom. The predicted molar refractivity (Wildman–Crippen MR) is 72.1 cm³/mol. The molecule has 2 N–H and O–H groups in total. The molecule has 0 bridgehead atoms.